The van der Waals surface area contributed by atoms with Gasteiger partial charge in [-0.25, -0.2) is 0 Å². The Labute approximate surface area is 82.1 Å². The largest absolute Gasteiger partial charge is 0.366 e. The van der Waals surface area contributed by atoms with Gasteiger partial charge in [0.15, 0.2) is 0 Å². The van der Waals surface area contributed by atoms with Crippen LogP contribution in [0.2, 0.25) is 0 Å². The maximum Gasteiger partial charge on any atom is 0.251 e. The maximum atomic E-state index is 10.8. The molecule has 1 aromatic heterocycles. The van der Waals surface area contributed by atoms with Gasteiger partial charge in [0.25, 0.3) is 5.91 Å². The average Bonchev–Trinajstić information content (AvgIpc) is 2.71. The smallest absolute Gasteiger partial charge is 0.251 e. The Morgan fingerprint density at radius 2 is 2.36 bits per heavy atom. The number of aromatic nitrogens is 2. The van der Waals surface area contributed by atoms with Crippen LogP contribution in [0.25, 0.3) is 0 Å². The lowest BCUT2D eigenvalue weighted by Crippen LogP contribution is -2.27. The van der Waals surface area contributed by atoms with E-state index in [2.05, 4.69) is 5.10 Å². The van der Waals surface area contributed by atoms with Crippen LogP contribution in [-0.4, -0.2) is 21.7 Å². The lowest BCUT2D eigenvalue weighted by molar-refractivity contribution is 0.1000. The highest BCUT2D eigenvalue weighted by atomic mass is 16.1. The summed E-state index contributed by atoms with van der Waals surface area (Å²) in [6.07, 6.45) is 6.35. The van der Waals surface area contributed by atoms with E-state index in [4.69, 9.17) is 11.5 Å². The molecule has 14 heavy (non-hydrogen) atoms. The highest BCUT2D eigenvalue weighted by Crippen LogP contribution is 2.27. The van der Waals surface area contributed by atoms with Crippen LogP contribution in [0.5, 0.6) is 0 Å². The first-order chi connectivity index (χ1) is 6.68. The van der Waals surface area contributed by atoms with Crippen molar-refractivity contribution in [3.8, 4) is 0 Å². The fourth-order valence-electron chi connectivity index (χ4n) is 1.94. The zero-order valence-electron chi connectivity index (χ0n) is 7.89. The summed E-state index contributed by atoms with van der Waals surface area (Å²) in [4.78, 5) is 10.8. The molecule has 5 heteroatoms. The van der Waals surface area contributed by atoms with Crippen molar-refractivity contribution in [2.45, 2.75) is 31.3 Å². The van der Waals surface area contributed by atoms with Crippen LogP contribution in [0.4, 0.5) is 0 Å². The minimum atomic E-state index is -0.442. The van der Waals surface area contributed by atoms with Crippen LogP contribution in [0.1, 0.15) is 35.7 Å². The van der Waals surface area contributed by atoms with Gasteiger partial charge in [-0.05, 0) is 19.3 Å². The van der Waals surface area contributed by atoms with E-state index in [1.807, 2.05) is 0 Å². The van der Waals surface area contributed by atoms with E-state index in [-0.39, 0.29) is 12.1 Å². The normalized spacial score (nSPS) is 26.6. The van der Waals surface area contributed by atoms with Crippen molar-refractivity contribution >= 4 is 5.91 Å². The van der Waals surface area contributed by atoms with E-state index in [0.29, 0.717) is 5.56 Å². The lowest BCUT2D eigenvalue weighted by atomic mass is 10.2. The Bertz CT molecular complexity index is 346. The fourth-order valence-corrected chi connectivity index (χ4v) is 1.94. The van der Waals surface area contributed by atoms with E-state index >= 15 is 0 Å². The third-order valence-electron chi connectivity index (χ3n) is 2.76. The number of amides is 1. The number of nitrogens with zero attached hydrogens (tertiary/aromatic N) is 2. The molecule has 1 amide bonds. The van der Waals surface area contributed by atoms with Gasteiger partial charge < -0.3 is 11.5 Å². The molecule has 0 spiro atoms. The molecule has 1 aromatic rings. The molecule has 1 heterocycles. The molecule has 2 atom stereocenters. The molecule has 5 nitrogen and oxygen atoms in total. The number of hydrogen-bond donors (Lipinski definition) is 2. The summed E-state index contributed by atoms with van der Waals surface area (Å²) < 4.78 is 1.76. The molecule has 1 aliphatic carbocycles. The number of nitrogens with two attached hydrogens (primary N) is 2. The Kier molecular flexibility index (Phi) is 2.25. The van der Waals surface area contributed by atoms with Crippen molar-refractivity contribution in [3.05, 3.63) is 18.0 Å². The molecule has 0 bridgehead atoms. The molecule has 2 unspecified atom stereocenters. The molecule has 0 radical (unpaired) electrons. The average molecular weight is 194 g/mol. The van der Waals surface area contributed by atoms with Gasteiger partial charge in [0.2, 0.25) is 0 Å². The second kappa shape index (κ2) is 3.42. The first kappa shape index (κ1) is 9.21. The molecule has 1 fully saturated rings. The minimum absolute atomic E-state index is 0.149. The van der Waals surface area contributed by atoms with E-state index < -0.39 is 5.91 Å². The summed E-state index contributed by atoms with van der Waals surface area (Å²) in [7, 11) is 0. The maximum absolute atomic E-state index is 10.8. The summed E-state index contributed by atoms with van der Waals surface area (Å²) >= 11 is 0. The fraction of sp³-hybridized carbons (Fsp3) is 0.556. The number of primary amides is 1. The molecule has 4 N–H and O–H groups in total. The van der Waals surface area contributed by atoms with E-state index in [0.717, 1.165) is 19.3 Å². The third kappa shape index (κ3) is 1.50. The summed E-state index contributed by atoms with van der Waals surface area (Å²) in [5, 5.41) is 4.11. The number of carbonyl (C=O) groups is 1. The van der Waals surface area contributed by atoms with Crippen molar-refractivity contribution in [2.24, 2.45) is 11.5 Å². The van der Waals surface area contributed by atoms with Gasteiger partial charge in [-0.15, -0.1) is 0 Å². The van der Waals surface area contributed by atoms with Gasteiger partial charge in [-0.3, -0.25) is 9.48 Å². The predicted molar refractivity (Wildman–Crippen MR) is 51.6 cm³/mol. The quantitative estimate of drug-likeness (QED) is 0.696. The van der Waals surface area contributed by atoms with Crippen LogP contribution in [0, 0.1) is 0 Å². The van der Waals surface area contributed by atoms with Crippen molar-refractivity contribution in [2.75, 3.05) is 0 Å². The van der Waals surface area contributed by atoms with Crippen LogP contribution in [0.15, 0.2) is 12.4 Å². The zero-order valence-corrected chi connectivity index (χ0v) is 7.89. The van der Waals surface area contributed by atoms with Gasteiger partial charge in [-0.1, -0.05) is 0 Å². The zero-order chi connectivity index (χ0) is 10.1. The predicted octanol–water partition coefficient (Wildman–Crippen LogP) is 0.0343. The van der Waals surface area contributed by atoms with Crippen LogP contribution < -0.4 is 11.5 Å². The molecule has 0 saturated heterocycles. The second-order valence-corrected chi connectivity index (χ2v) is 3.74. The molecular weight excluding hydrogens is 180 g/mol. The highest BCUT2D eigenvalue weighted by molar-refractivity contribution is 5.92. The van der Waals surface area contributed by atoms with Crippen LogP contribution in [0.3, 0.4) is 0 Å². The van der Waals surface area contributed by atoms with Gasteiger partial charge in [-0.2, -0.15) is 5.10 Å². The molecule has 76 valence electrons. The van der Waals surface area contributed by atoms with Gasteiger partial charge in [0.05, 0.1) is 17.8 Å². The Morgan fingerprint density at radius 3 is 2.86 bits per heavy atom. The van der Waals surface area contributed by atoms with Crippen molar-refractivity contribution in [1.82, 2.24) is 9.78 Å². The third-order valence-corrected chi connectivity index (χ3v) is 2.76. The number of rotatable bonds is 2. The summed E-state index contributed by atoms with van der Waals surface area (Å²) in [5.41, 5.74) is 11.5. The first-order valence-electron chi connectivity index (χ1n) is 4.78. The first-order valence-corrected chi connectivity index (χ1v) is 4.78. The van der Waals surface area contributed by atoms with Gasteiger partial charge in [0, 0.05) is 12.2 Å². The van der Waals surface area contributed by atoms with Crippen LogP contribution in [-0.2, 0) is 0 Å². The number of carbonyl (C=O) groups excluding carboxylic acids is 1. The SMILES string of the molecule is NC(=O)c1cnn(C2CCCC2N)c1. The monoisotopic (exact) mass is 194 g/mol. The molecule has 2 rings (SSSR count). The van der Waals surface area contributed by atoms with Crippen molar-refractivity contribution in [3.63, 3.8) is 0 Å². The van der Waals surface area contributed by atoms with E-state index in [1.165, 1.54) is 6.20 Å². The topological polar surface area (TPSA) is 86.9 Å². The number of hydrogen-bond acceptors (Lipinski definition) is 3. The highest BCUT2D eigenvalue weighted by Gasteiger charge is 2.26. The Morgan fingerprint density at radius 1 is 1.57 bits per heavy atom. The van der Waals surface area contributed by atoms with Gasteiger partial charge in [0.1, 0.15) is 0 Å². The van der Waals surface area contributed by atoms with Crippen molar-refractivity contribution in [1.29, 1.82) is 0 Å². The van der Waals surface area contributed by atoms with Crippen molar-refractivity contribution < 1.29 is 4.79 Å². The molecular formula is C9H14N4O. The minimum Gasteiger partial charge on any atom is -0.366 e. The van der Waals surface area contributed by atoms with E-state index in [1.54, 1.807) is 10.9 Å². The molecule has 1 saturated carbocycles. The Balaban J connectivity index is 2.20. The molecule has 0 aromatic carbocycles. The summed E-state index contributed by atoms with van der Waals surface area (Å²) in [6.45, 7) is 0. The molecule has 0 aliphatic heterocycles. The summed E-state index contributed by atoms with van der Waals surface area (Å²) in [5.74, 6) is -0.442. The summed E-state index contributed by atoms with van der Waals surface area (Å²) in [6, 6.07) is 0.374. The lowest BCUT2D eigenvalue weighted by Gasteiger charge is -2.15. The Hall–Kier alpha value is -1.36. The molecule has 1 aliphatic rings. The second-order valence-electron chi connectivity index (χ2n) is 3.74. The standard InChI is InChI=1S/C9H14N4O/c10-7-2-1-3-8(7)13-5-6(4-12-13)9(11)14/h4-5,7-8H,1-3,10H2,(H2,11,14). The van der Waals surface area contributed by atoms with Gasteiger partial charge >= 0.3 is 0 Å². The van der Waals surface area contributed by atoms with Crippen LogP contribution >= 0.6 is 0 Å². The van der Waals surface area contributed by atoms with E-state index in [9.17, 15) is 4.79 Å².